The Balaban J connectivity index is 1.35. The van der Waals surface area contributed by atoms with Crippen molar-refractivity contribution in [3.63, 3.8) is 0 Å². The monoisotopic (exact) mass is 504 g/mol. The summed E-state index contributed by atoms with van der Waals surface area (Å²) in [6, 6.07) is 11.9. The minimum atomic E-state index is -4.37. The fraction of sp³-hybridized carbons (Fsp3) is 0.400. The average Bonchev–Trinajstić information content (AvgIpc) is 3.36. The van der Waals surface area contributed by atoms with E-state index in [9.17, 15) is 21.6 Å². The van der Waals surface area contributed by atoms with Crippen LogP contribution in [-0.2, 0) is 36.1 Å². The first-order valence-corrected chi connectivity index (χ1v) is 12.9. The number of alkyl halides is 3. The first-order chi connectivity index (χ1) is 16.6. The number of halogens is 3. The number of sulfonamides is 1. The van der Waals surface area contributed by atoms with Crippen molar-refractivity contribution < 1.29 is 21.6 Å². The van der Waals surface area contributed by atoms with Crippen molar-refractivity contribution in [2.75, 3.05) is 20.1 Å². The second kappa shape index (κ2) is 8.76. The zero-order chi connectivity index (χ0) is 25.0. The lowest BCUT2D eigenvalue weighted by molar-refractivity contribution is -0.137. The molecule has 10 heteroatoms. The molecule has 35 heavy (non-hydrogen) atoms. The van der Waals surface area contributed by atoms with Crippen molar-refractivity contribution in [2.45, 2.75) is 41.9 Å². The molecule has 3 aromatic rings. The van der Waals surface area contributed by atoms with Gasteiger partial charge in [-0.25, -0.2) is 13.4 Å². The maximum atomic E-state index is 13.2. The zero-order valence-electron chi connectivity index (χ0n) is 19.5. The predicted octanol–water partition coefficient (Wildman–Crippen LogP) is 3.70. The number of benzene rings is 2. The Morgan fingerprint density at radius 1 is 1.14 bits per heavy atom. The largest absolute Gasteiger partial charge is 0.416 e. The van der Waals surface area contributed by atoms with E-state index in [1.807, 2.05) is 13.1 Å². The van der Waals surface area contributed by atoms with E-state index < -0.39 is 21.8 Å². The van der Waals surface area contributed by atoms with Crippen LogP contribution in [0.15, 0.2) is 60.0 Å². The Morgan fingerprint density at radius 2 is 1.91 bits per heavy atom. The summed E-state index contributed by atoms with van der Waals surface area (Å²) in [5.74, 6) is 0.105. The SMILES string of the molecule is CNC1Cc2ccc(C3CN(S(=O)(=O)c4cn(C)cn4)C3)cc2C1Cc1cccc(C(F)(F)F)c1. The molecule has 5 rings (SSSR count). The zero-order valence-corrected chi connectivity index (χ0v) is 20.3. The molecule has 1 N–H and O–H groups in total. The number of nitrogens with one attached hydrogen (secondary N) is 1. The molecule has 2 atom stereocenters. The third kappa shape index (κ3) is 4.50. The molecular weight excluding hydrogens is 477 g/mol. The van der Waals surface area contributed by atoms with Gasteiger partial charge in [-0.3, -0.25) is 0 Å². The van der Waals surface area contributed by atoms with E-state index in [2.05, 4.69) is 22.4 Å². The summed E-state index contributed by atoms with van der Waals surface area (Å²) in [6.07, 6.45) is -0.107. The molecule has 1 fully saturated rings. The summed E-state index contributed by atoms with van der Waals surface area (Å²) in [5.41, 5.74) is 3.39. The topological polar surface area (TPSA) is 67.2 Å². The quantitative estimate of drug-likeness (QED) is 0.556. The third-order valence-corrected chi connectivity index (χ3v) is 8.90. The van der Waals surface area contributed by atoms with Gasteiger partial charge in [-0.05, 0) is 48.2 Å². The van der Waals surface area contributed by atoms with Crippen LogP contribution in [0.3, 0.4) is 0 Å². The number of imidazole rings is 1. The van der Waals surface area contributed by atoms with E-state index in [4.69, 9.17) is 0 Å². The summed E-state index contributed by atoms with van der Waals surface area (Å²) in [5, 5.41) is 3.38. The Labute approximate surface area is 202 Å². The molecule has 2 aliphatic rings. The number of hydrogen-bond acceptors (Lipinski definition) is 4. The minimum Gasteiger partial charge on any atom is -0.339 e. The molecular formula is C25H27F3N4O2S. The summed E-state index contributed by atoms with van der Waals surface area (Å²) in [4.78, 5) is 3.98. The van der Waals surface area contributed by atoms with Crippen molar-refractivity contribution in [2.24, 2.45) is 7.05 Å². The van der Waals surface area contributed by atoms with Gasteiger partial charge in [-0.1, -0.05) is 36.4 Å². The lowest BCUT2D eigenvalue weighted by Crippen LogP contribution is -2.48. The molecule has 0 saturated carbocycles. The molecule has 0 radical (unpaired) electrons. The Bertz CT molecular complexity index is 1350. The fourth-order valence-corrected chi connectivity index (χ4v) is 6.67. The van der Waals surface area contributed by atoms with Crippen LogP contribution in [0.5, 0.6) is 0 Å². The fourth-order valence-electron chi connectivity index (χ4n) is 5.18. The van der Waals surface area contributed by atoms with Crippen LogP contribution in [0.4, 0.5) is 13.2 Å². The number of aryl methyl sites for hydroxylation is 1. The van der Waals surface area contributed by atoms with Gasteiger partial charge in [0.1, 0.15) is 0 Å². The van der Waals surface area contributed by atoms with E-state index in [0.29, 0.717) is 25.1 Å². The molecule has 1 aromatic heterocycles. The first kappa shape index (κ1) is 24.0. The molecule has 1 aliphatic carbocycles. The second-order valence-electron chi connectivity index (χ2n) is 9.46. The summed E-state index contributed by atoms with van der Waals surface area (Å²) < 4.78 is 68.3. The van der Waals surface area contributed by atoms with Gasteiger partial charge in [-0.15, -0.1) is 0 Å². The molecule has 2 unspecified atom stereocenters. The molecule has 6 nitrogen and oxygen atoms in total. The van der Waals surface area contributed by atoms with Crippen LogP contribution in [0.25, 0.3) is 0 Å². The summed E-state index contributed by atoms with van der Waals surface area (Å²) in [6.45, 7) is 0.761. The first-order valence-electron chi connectivity index (χ1n) is 11.5. The highest BCUT2D eigenvalue weighted by atomic mass is 32.2. The van der Waals surface area contributed by atoms with Crippen molar-refractivity contribution in [3.05, 3.63) is 82.8 Å². The number of likely N-dealkylation sites (N-methyl/N-ethyl adjacent to an activating group) is 1. The van der Waals surface area contributed by atoms with Gasteiger partial charge in [0, 0.05) is 44.2 Å². The maximum Gasteiger partial charge on any atom is 0.416 e. The van der Waals surface area contributed by atoms with Gasteiger partial charge < -0.3 is 9.88 Å². The lowest BCUT2D eigenvalue weighted by Gasteiger charge is -2.38. The highest BCUT2D eigenvalue weighted by Crippen LogP contribution is 2.40. The van der Waals surface area contributed by atoms with Crippen molar-refractivity contribution in [3.8, 4) is 0 Å². The highest BCUT2D eigenvalue weighted by Gasteiger charge is 2.40. The van der Waals surface area contributed by atoms with Crippen LogP contribution in [0.2, 0.25) is 0 Å². The van der Waals surface area contributed by atoms with E-state index in [0.717, 1.165) is 23.6 Å². The summed E-state index contributed by atoms with van der Waals surface area (Å²) in [7, 11) is -0.0110. The number of nitrogens with zero attached hydrogens (tertiary/aromatic N) is 3. The molecule has 0 spiro atoms. The molecule has 2 heterocycles. The van der Waals surface area contributed by atoms with Crippen LogP contribution in [-0.4, -0.2) is 48.5 Å². The minimum absolute atomic E-state index is 0.0341. The number of fused-ring (bicyclic) bond motifs is 1. The lowest BCUT2D eigenvalue weighted by atomic mass is 9.86. The van der Waals surface area contributed by atoms with Crippen LogP contribution in [0, 0.1) is 0 Å². The molecule has 186 valence electrons. The van der Waals surface area contributed by atoms with Gasteiger partial charge in [0.15, 0.2) is 5.03 Å². The van der Waals surface area contributed by atoms with Crippen molar-refractivity contribution in [1.29, 1.82) is 0 Å². The molecule has 2 aromatic carbocycles. The number of aromatic nitrogens is 2. The Morgan fingerprint density at radius 3 is 2.57 bits per heavy atom. The smallest absolute Gasteiger partial charge is 0.339 e. The van der Waals surface area contributed by atoms with Gasteiger partial charge >= 0.3 is 6.18 Å². The second-order valence-corrected chi connectivity index (χ2v) is 11.3. The predicted molar refractivity (Wildman–Crippen MR) is 126 cm³/mol. The van der Waals surface area contributed by atoms with Crippen LogP contribution >= 0.6 is 0 Å². The Hall–Kier alpha value is -2.69. The number of rotatable bonds is 6. The Kier molecular flexibility index (Phi) is 6.01. The van der Waals surface area contributed by atoms with E-state index in [1.165, 1.54) is 34.5 Å². The number of hydrogen-bond donors (Lipinski definition) is 1. The molecule has 1 saturated heterocycles. The standard InChI is InChI=1S/C25H27F3N4O2S/c1-29-23-11-18-7-6-17(19-12-32(13-19)35(33,34)24-14-31(2)15-30-24)10-21(18)22(23)9-16-4-3-5-20(8-16)25(26,27)28/h3-8,10,14-15,19,22-23,29H,9,11-13H2,1-2H3. The van der Waals surface area contributed by atoms with E-state index >= 15 is 0 Å². The normalized spacial score (nSPS) is 21.2. The van der Waals surface area contributed by atoms with Crippen LogP contribution < -0.4 is 5.32 Å². The molecule has 0 amide bonds. The average molecular weight is 505 g/mol. The third-order valence-electron chi connectivity index (χ3n) is 7.18. The van der Waals surface area contributed by atoms with Crippen molar-refractivity contribution >= 4 is 10.0 Å². The molecule has 0 bridgehead atoms. The highest BCUT2D eigenvalue weighted by molar-refractivity contribution is 7.89. The van der Waals surface area contributed by atoms with Gasteiger partial charge in [0.05, 0.1) is 11.9 Å². The van der Waals surface area contributed by atoms with Crippen molar-refractivity contribution in [1.82, 2.24) is 19.2 Å². The van der Waals surface area contributed by atoms with E-state index in [-0.39, 0.29) is 22.9 Å². The summed E-state index contributed by atoms with van der Waals surface area (Å²) >= 11 is 0. The van der Waals surface area contributed by atoms with Gasteiger partial charge in [0.2, 0.25) is 0 Å². The molecule has 1 aliphatic heterocycles. The van der Waals surface area contributed by atoms with Crippen LogP contribution in [0.1, 0.15) is 39.7 Å². The van der Waals surface area contributed by atoms with E-state index in [1.54, 1.807) is 17.7 Å². The maximum absolute atomic E-state index is 13.2. The van der Waals surface area contributed by atoms with Gasteiger partial charge in [-0.2, -0.15) is 17.5 Å². The van der Waals surface area contributed by atoms with Gasteiger partial charge in [0.25, 0.3) is 10.0 Å².